The van der Waals surface area contributed by atoms with Crippen LogP contribution in [0.15, 0.2) is 109 Å². The van der Waals surface area contributed by atoms with E-state index in [0.717, 1.165) is 122 Å². The summed E-state index contributed by atoms with van der Waals surface area (Å²) in [6.45, 7) is 6.36. The van der Waals surface area contributed by atoms with E-state index in [4.69, 9.17) is 14.2 Å². The third-order valence-corrected chi connectivity index (χ3v) is 11.3. The molecule has 1 atom stereocenters. The Morgan fingerprint density at radius 2 is 0.582 bits per heavy atom. The Bertz CT molecular complexity index is 1390. The van der Waals surface area contributed by atoms with Crippen LogP contribution in [0.5, 0.6) is 0 Å². The van der Waals surface area contributed by atoms with Gasteiger partial charge in [0.25, 0.3) is 0 Å². The molecule has 0 heterocycles. The number of carbonyl (C=O) groups is 3. The van der Waals surface area contributed by atoms with Crippen LogP contribution >= 0.6 is 0 Å². The SMILES string of the molecule is CC/C=C\C/C=C\C/C=C\C/C=C\C/C=C\C/C=C\CCCCC(=O)OCC(COC(=O)CCCCCCCCCCCCC)OC(=O)CCCCCCCCC/C=C\C/C=C\C/C=C\CC. The summed E-state index contributed by atoms with van der Waals surface area (Å²) in [5, 5.41) is 0. The molecule has 0 N–H and O–H groups in total. The zero-order chi connectivity index (χ0) is 48.6. The topological polar surface area (TPSA) is 78.9 Å². The molecule has 0 radical (unpaired) electrons. The first-order valence-electron chi connectivity index (χ1n) is 27.4. The Kier molecular flexibility index (Phi) is 51.5. The van der Waals surface area contributed by atoms with Gasteiger partial charge in [0.2, 0.25) is 0 Å². The Labute approximate surface area is 412 Å². The molecule has 0 aromatic rings. The van der Waals surface area contributed by atoms with Crippen LogP contribution in [0.1, 0.15) is 239 Å². The molecule has 0 bridgehead atoms. The fraction of sp³-hybridized carbons (Fsp3) is 0.656. The molecule has 0 saturated heterocycles. The maximum Gasteiger partial charge on any atom is 0.306 e. The summed E-state index contributed by atoms with van der Waals surface area (Å²) in [5.41, 5.74) is 0. The quantitative estimate of drug-likeness (QED) is 0.0262. The van der Waals surface area contributed by atoms with Crippen molar-refractivity contribution in [2.75, 3.05) is 13.2 Å². The molecule has 0 rings (SSSR count). The van der Waals surface area contributed by atoms with Gasteiger partial charge in [-0.15, -0.1) is 0 Å². The van der Waals surface area contributed by atoms with Crippen molar-refractivity contribution in [3.8, 4) is 0 Å². The Morgan fingerprint density at radius 3 is 0.940 bits per heavy atom. The van der Waals surface area contributed by atoms with Crippen molar-refractivity contribution in [1.82, 2.24) is 0 Å². The molecule has 0 aliphatic carbocycles. The zero-order valence-corrected chi connectivity index (χ0v) is 43.4. The van der Waals surface area contributed by atoms with Gasteiger partial charge in [-0.2, -0.15) is 0 Å². The second-order valence-corrected chi connectivity index (χ2v) is 17.7. The fourth-order valence-electron chi connectivity index (χ4n) is 7.22. The van der Waals surface area contributed by atoms with Crippen LogP contribution in [0.2, 0.25) is 0 Å². The molecule has 1 unspecified atom stereocenters. The van der Waals surface area contributed by atoms with Crippen LogP contribution in [-0.4, -0.2) is 37.2 Å². The molecule has 0 spiro atoms. The lowest BCUT2D eigenvalue weighted by Crippen LogP contribution is -2.30. The van der Waals surface area contributed by atoms with E-state index in [2.05, 4.69) is 130 Å². The van der Waals surface area contributed by atoms with Crippen LogP contribution in [0.25, 0.3) is 0 Å². The lowest BCUT2D eigenvalue weighted by atomic mass is 10.1. The third-order valence-electron chi connectivity index (χ3n) is 11.3. The molecule has 6 nitrogen and oxygen atoms in total. The van der Waals surface area contributed by atoms with Crippen molar-refractivity contribution >= 4 is 17.9 Å². The molecule has 0 saturated carbocycles. The summed E-state index contributed by atoms with van der Waals surface area (Å²) < 4.78 is 16.8. The molecule has 0 aromatic carbocycles. The van der Waals surface area contributed by atoms with Gasteiger partial charge in [-0.05, 0) is 103 Å². The van der Waals surface area contributed by atoms with Crippen LogP contribution in [-0.2, 0) is 28.6 Å². The summed E-state index contributed by atoms with van der Waals surface area (Å²) in [7, 11) is 0. The minimum atomic E-state index is -0.801. The zero-order valence-electron chi connectivity index (χ0n) is 43.4. The van der Waals surface area contributed by atoms with Crippen molar-refractivity contribution in [2.24, 2.45) is 0 Å². The Balaban J connectivity index is 4.46. The maximum absolute atomic E-state index is 12.8. The highest BCUT2D eigenvalue weighted by Gasteiger charge is 2.19. The number of esters is 3. The van der Waals surface area contributed by atoms with Gasteiger partial charge in [0.15, 0.2) is 6.10 Å². The second-order valence-electron chi connectivity index (χ2n) is 17.7. The van der Waals surface area contributed by atoms with Crippen molar-refractivity contribution in [3.63, 3.8) is 0 Å². The molecule has 0 aliphatic heterocycles. The normalized spacial score (nSPS) is 12.9. The van der Waals surface area contributed by atoms with Crippen LogP contribution in [0, 0.1) is 0 Å². The molecule has 67 heavy (non-hydrogen) atoms. The van der Waals surface area contributed by atoms with Gasteiger partial charge in [-0.3, -0.25) is 14.4 Å². The summed E-state index contributed by atoms with van der Waals surface area (Å²) in [4.78, 5) is 38.0. The summed E-state index contributed by atoms with van der Waals surface area (Å²) in [6.07, 6.45) is 73.6. The van der Waals surface area contributed by atoms with Crippen molar-refractivity contribution < 1.29 is 28.6 Å². The average Bonchev–Trinajstić information content (AvgIpc) is 3.33. The molecular weight excluding hydrogens is 829 g/mol. The van der Waals surface area contributed by atoms with Gasteiger partial charge in [-0.1, -0.05) is 226 Å². The first kappa shape index (κ1) is 63.1. The third kappa shape index (κ3) is 52.9. The standard InChI is InChI=1S/C61H100O6/c1-4-7-10-13-16-19-22-24-26-28-29-30-31-33-34-36-39-42-45-48-51-54-60(63)66-57-58(56-65-59(62)53-50-47-44-41-38-21-18-15-12-9-6-3)67-61(64)55-52-49-46-43-40-37-35-32-27-25-23-20-17-14-11-8-5-2/h7-8,10-11,16-17,19-20,24-27,29-30,33-34,39,42,58H,4-6,9,12-15,18,21-23,28,31-32,35-38,40-41,43-57H2,1-3H3/b10-7-,11-8-,19-16-,20-17-,26-24-,27-25-,30-29-,34-33-,42-39-. The minimum absolute atomic E-state index is 0.0961. The van der Waals surface area contributed by atoms with Gasteiger partial charge in [0, 0.05) is 19.3 Å². The van der Waals surface area contributed by atoms with Crippen LogP contribution in [0.4, 0.5) is 0 Å². The van der Waals surface area contributed by atoms with E-state index in [1.165, 1.54) is 77.0 Å². The fourth-order valence-corrected chi connectivity index (χ4v) is 7.22. The van der Waals surface area contributed by atoms with Gasteiger partial charge >= 0.3 is 17.9 Å². The minimum Gasteiger partial charge on any atom is -0.462 e. The molecule has 0 fully saturated rings. The number of unbranched alkanes of at least 4 members (excludes halogenated alkanes) is 19. The smallest absolute Gasteiger partial charge is 0.306 e. The number of carbonyl (C=O) groups excluding carboxylic acids is 3. The van der Waals surface area contributed by atoms with Crippen molar-refractivity contribution in [1.29, 1.82) is 0 Å². The predicted molar refractivity (Wildman–Crippen MR) is 288 cm³/mol. The van der Waals surface area contributed by atoms with E-state index in [0.29, 0.717) is 19.3 Å². The highest BCUT2D eigenvalue weighted by Crippen LogP contribution is 2.14. The van der Waals surface area contributed by atoms with Gasteiger partial charge in [0.1, 0.15) is 13.2 Å². The van der Waals surface area contributed by atoms with E-state index in [-0.39, 0.29) is 31.1 Å². The van der Waals surface area contributed by atoms with Gasteiger partial charge in [-0.25, -0.2) is 0 Å². The monoisotopic (exact) mass is 929 g/mol. The number of hydrogen-bond donors (Lipinski definition) is 0. The largest absolute Gasteiger partial charge is 0.462 e. The van der Waals surface area contributed by atoms with E-state index in [9.17, 15) is 14.4 Å². The maximum atomic E-state index is 12.8. The number of ether oxygens (including phenoxy) is 3. The molecule has 0 amide bonds. The molecule has 0 aromatic heterocycles. The average molecular weight is 929 g/mol. The first-order chi connectivity index (χ1) is 33.0. The molecule has 0 aliphatic rings. The van der Waals surface area contributed by atoms with E-state index >= 15 is 0 Å². The molecular formula is C61H100O6. The predicted octanol–water partition coefficient (Wildman–Crippen LogP) is 18.3. The Morgan fingerprint density at radius 1 is 0.313 bits per heavy atom. The van der Waals surface area contributed by atoms with Crippen molar-refractivity contribution in [3.05, 3.63) is 109 Å². The first-order valence-corrected chi connectivity index (χ1v) is 27.4. The molecule has 380 valence electrons. The van der Waals surface area contributed by atoms with Gasteiger partial charge in [0.05, 0.1) is 0 Å². The highest BCUT2D eigenvalue weighted by atomic mass is 16.6. The summed E-state index contributed by atoms with van der Waals surface area (Å²) in [5.74, 6) is -0.954. The van der Waals surface area contributed by atoms with Crippen LogP contribution in [0.3, 0.4) is 0 Å². The summed E-state index contributed by atoms with van der Waals surface area (Å²) in [6, 6.07) is 0. The lowest BCUT2D eigenvalue weighted by molar-refractivity contribution is -0.167. The van der Waals surface area contributed by atoms with Crippen molar-refractivity contribution in [2.45, 2.75) is 245 Å². The number of allylic oxidation sites excluding steroid dienone is 18. The highest BCUT2D eigenvalue weighted by molar-refractivity contribution is 5.71. The summed E-state index contributed by atoms with van der Waals surface area (Å²) >= 11 is 0. The van der Waals surface area contributed by atoms with Gasteiger partial charge < -0.3 is 14.2 Å². The van der Waals surface area contributed by atoms with E-state index in [1.54, 1.807) is 0 Å². The lowest BCUT2D eigenvalue weighted by Gasteiger charge is -2.18. The molecule has 6 heteroatoms. The second kappa shape index (κ2) is 54.7. The number of hydrogen-bond acceptors (Lipinski definition) is 6. The number of rotatable bonds is 48. The van der Waals surface area contributed by atoms with E-state index < -0.39 is 6.10 Å². The Hall–Kier alpha value is -3.93. The van der Waals surface area contributed by atoms with E-state index in [1.807, 2.05) is 0 Å². The van der Waals surface area contributed by atoms with Crippen LogP contribution < -0.4 is 0 Å².